The highest BCUT2D eigenvalue weighted by Crippen LogP contribution is 2.24. The first-order valence-electron chi connectivity index (χ1n) is 12.3. The molecule has 9 heteroatoms. The molecule has 0 unspecified atom stereocenters. The molecule has 0 radical (unpaired) electrons. The smallest absolute Gasteiger partial charge is 0.325 e. The maximum Gasteiger partial charge on any atom is 0.325 e. The Morgan fingerprint density at radius 1 is 1.03 bits per heavy atom. The number of carbonyl (C=O) groups is 2. The van der Waals surface area contributed by atoms with E-state index in [4.69, 9.17) is 4.74 Å². The summed E-state index contributed by atoms with van der Waals surface area (Å²) in [6.07, 6.45) is 2.11. The highest BCUT2D eigenvalue weighted by molar-refractivity contribution is 7.98. The molecule has 1 aromatic heterocycles. The number of ether oxygens (including phenoxy) is 1. The van der Waals surface area contributed by atoms with E-state index in [0.717, 1.165) is 27.4 Å². The van der Waals surface area contributed by atoms with Gasteiger partial charge < -0.3 is 15.0 Å². The minimum Gasteiger partial charge on any atom is -0.497 e. The van der Waals surface area contributed by atoms with E-state index < -0.39 is 12.1 Å². The Bertz CT molecular complexity index is 1360. The Hall–Kier alpha value is -4.24. The summed E-state index contributed by atoms with van der Waals surface area (Å²) in [5, 5.41) is 7.11. The average Bonchev–Trinajstić information content (AvgIpc) is 3.39. The predicted octanol–water partition coefficient (Wildman–Crippen LogP) is 5.07. The van der Waals surface area contributed by atoms with Crippen LogP contribution >= 0.6 is 11.9 Å². The molecule has 0 saturated carbocycles. The van der Waals surface area contributed by atoms with Crippen molar-refractivity contribution in [2.24, 2.45) is 7.05 Å². The standard InChI is InChI=1S/C29H31N5O3S/c1-4-34(23-13-15-24(37-3)16-14-23)28(35)26(19-21-9-6-5-7-10-21)31-29(36)32-38-25-12-8-11-22(20-25)27-17-18-30-33(27)2/h5-18,20,26H,4,19H2,1-3H3,(H2,31,32,36)/t26-/m0/s1. The number of benzene rings is 3. The van der Waals surface area contributed by atoms with Crippen LogP contribution in [0.2, 0.25) is 0 Å². The molecule has 1 atom stereocenters. The molecule has 4 rings (SSSR count). The van der Waals surface area contributed by atoms with Gasteiger partial charge in [0, 0.05) is 42.4 Å². The summed E-state index contributed by atoms with van der Waals surface area (Å²) in [6, 6.07) is 25.5. The quantitative estimate of drug-likeness (QED) is 0.280. The second-order valence-corrected chi connectivity index (χ2v) is 9.45. The van der Waals surface area contributed by atoms with Crippen molar-refractivity contribution >= 4 is 29.6 Å². The van der Waals surface area contributed by atoms with E-state index in [2.05, 4.69) is 15.1 Å². The Labute approximate surface area is 227 Å². The Morgan fingerprint density at radius 3 is 2.45 bits per heavy atom. The lowest BCUT2D eigenvalue weighted by molar-refractivity contribution is -0.120. The highest BCUT2D eigenvalue weighted by atomic mass is 32.2. The number of amides is 3. The summed E-state index contributed by atoms with van der Waals surface area (Å²) in [5.74, 6) is 0.514. The maximum atomic E-state index is 13.7. The molecular formula is C29H31N5O3S. The molecule has 0 aliphatic rings. The first-order chi connectivity index (χ1) is 18.5. The molecule has 0 aliphatic carbocycles. The van der Waals surface area contributed by atoms with Crippen LogP contribution in [0.15, 0.2) is 96.0 Å². The van der Waals surface area contributed by atoms with Crippen molar-refractivity contribution in [2.45, 2.75) is 24.3 Å². The van der Waals surface area contributed by atoms with Crippen molar-refractivity contribution in [3.8, 4) is 17.0 Å². The molecule has 3 amide bonds. The first-order valence-corrected chi connectivity index (χ1v) is 13.1. The molecule has 0 spiro atoms. The van der Waals surface area contributed by atoms with Crippen LogP contribution in [0.5, 0.6) is 5.75 Å². The molecular weight excluding hydrogens is 498 g/mol. The summed E-state index contributed by atoms with van der Waals surface area (Å²) in [6.45, 7) is 2.36. The van der Waals surface area contributed by atoms with E-state index in [0.29, 0.717) is 18.7 Å². The predicted molar refractivity (Wildman–Crippen MR) is 151 cm³/mol. The van der Waals surface area contributed by atoms with Crippen molar-refractivity contribution < 1.29 is 14.3 Å². The van der Waals surface area contributed by atoms with Gasteiger partial charge in [0.2, 0.25) is 5.91 Å². The summed E-state index contributed by atoms with van der Waals surface area (Å²) < 4.78 is 9.87. The third-order valence-electron chi connectivity index (χ3n) is 6.06. The molecule has 0 aliphatic heterocycles. The number of rotatable bonds is 10. The molecule has 1 heterocycles. The van der Waals surface area contributed by atoms with Gasteiger partial charge in [-0.05, 0) is 66.9 Å². The number of hydrogen-bond acceptors (Lipinski definition) is 5. The number of likely N-dealkylation sites (N-methyl/N-ethyl adjacent to an activating group) is 1. The van der Waals surface area contributed by atoms with Crippen LogP contribution in [-0.4, -0.2) is 41.4 Å². The molecule has 0 bridgehead atoms. The monoisotopic (exact) mass is 529 g/mol. The molecule has 2 N–H and O–H groups in total. The molecule has 196 valence electrons. The van der Waals surface area contributed by atoms with E-state index in [1.54, 1.807) is 22.9 Å². The number of carbonyl (C=O) groups excluding carboxylic acids is 2. The van der Waals surface area contributed by atoms with Crippen molar-refractivity contribution in [3.05, 3.63) is 96.7 Å². The van der Waals surface area contributed by atoms with Gasteiger partial charge in [-0.2, -0.15) is 5.10 Å². The summed E-state index contributed by atoms with van der Waals surface area (Å²) in [5.41, 5.74) is 3.66. The zero-order valence-corrected chi connectivity index (χ0v) is 22.4. The maximum absolute atomic E-state index is 13.7. The minimum atomic E-state index is -0.763. The van der Waals surface area contributed by atoms with Gasteiger partial charge in [-0.1, -0.05) is 42.5 Å². The number of aryl methyl sites for hydroxylation is 1. The van der Waals surface area contributed by atoms with Crippen LogP contribution in [0.3, 0.4) is 0 Å². The first kappa shape index (κ1) is 26.8. The van der Waals surface area contributed by atoms with E-state index in [9.17, 15) is 9.59 Å². The fourth-order valence-corrected chi connectivity index (χ4v) is 4.74. The zero-order chi connectivity index (χ0) is 26.9. The van der Waals surface area contributed by atoms with Crippen LogP contribution in [0.25, 0.3) is 11.3 Å². The van der Waals surface area contributed by atoms with Gasteiger partial charge in [0.15, 0.2) is 0 Å². The second kappa shape index (κ2) is 12.8. The third kappa shape index (κ3) is 6.74. The Balaban J connectivity index is 1.47. The van der Waals surface area contributed by atoms with Gasteiger partial charge in [-0.15, -0.1) is 0 Å². The van der Waals surface area contributed by atoms with Crippen LogP contribution in [-0.2, 0) is 18.3 Å². The summed E-state index contributed by atoms with van der Waals surface area (Å²) in [4.78, 5) is 29.2. The number of aromatic nitrogens is 2. The molecule has 0 fully saturated rings. The van der Waals surface area contributed by atoms with Crippen LogP contribution in [0, 0.1) is 0 Å². The van der Waals surface area contributed by atoms with Gasteiger partial charge in [0.05, 0.1) is 12.8 Å². The van der Waals surface area contributed by atoms with Crippen LogP contribution in [0.4, 0.5) is 10.5 Å². The number of methoxy groups -OCH3 is 1. The van der Waals surface area contributed by atoms with Gasteiger partial charge in [-0.3, -0.25) is 14.2 Å². The van der Waals surface area contributed by atoms with Gasteiger partial charge in [-0.25, -0.2) is 4.79 Å². The lowest BCUT2D eigenvalue weighted by atomic mass is 10.0. The number of nitrogens with one attached hydrogen (secondary N) is 2. The fraction of sp³-hybridized carbons (Fsp3) is 0.207. The van der Waals surface area contributed by atoms with E-state index in [1.807, 2.05) is 98.9 Å². The Kier molecular flexibility index (Phi) is 9.05. The molecule has 4 aromatic rings. The minimum absolute atomic E-state index is 0.195. The van der Waals surface area contributed by atoms with Gasteiger partial charge in [0.1, 0.15) is 11.8 Å². The largest absolute Gasteiger partial charge is 0.497 e. The van der Waals surface area contributed by atoms with Crippen molar-refractivity contribution in [2.75, 3.05) is 18.6 Å². The molecule has 0 saturated heterocycles. The Morgan fingerprint density at radius 2 is 1.79 bits per heavy atom. The molecule has 3 aromatic carbocycles. The lowest BCUT2D eigenvalue weighted by Crippen LogP contribution is -2.51. The van der Waals surface area contributed by atoms with Crippen LogP contribution < -0.4 is 19.7 Å². The van der Waals surface area contributed by atoms with Crippen molar-refractivity contribution in [3.63, 3.8) is 0 Å². The number of urea groups is 1. The fourth-order valence-electron chi connectivity index (χ4n) is 4.13. The normalized spacial score (nSPS) is 11.4. The topological polar surface area (TPSA) is 88.5 Å². The summed E-state index contributed by atoms with van der Waals surface area (Å²) >= 11 is 1.19. The average molecular weight is 530 g/mol. The van der Waals surface area contributed by atoms with E-state index >= 15 is 0 Å². The third-order valence-corrected chi connectivity index (χ3v) is 6.84. The van der Waals surface area contributed by atoms with E-state index in [1.165, 1.54) is 11.9 Å². The van der Waals surface area contributed by atoms with Gasteiger partial charge in [0.25, 0.3) is 0 Å². The zero-order valence-electron chi connectivity index (χ0n) is 21.6. The number of anilines is 1. The lowest BCUT2D eigenvalue weighted by Gasteiger charge is -2.27. The highest BCUT2D eigenvalue weighted by Gasteiger charge is 2.27. The van der Waals surface area contributed by atoms with Gasteiger partial charge >= 0.3 is 6.03 Å². The molecule has 8 nitrogen and oxygen atoms in total. The molecule has 38 heavy (non-hydrogen) atoms. The SMILES string of the molecule is CCN(C(=O)[C@H](Cc1ccccc1)NC(=O)NSc1cccc(-c2ccnn2C)c1)c1ccc(OC)cc1. The van der Waals surface area contributed by atoms with Crippen LogP contribution in [0.1, 0.15) is 12.5 Å². The number of hydrogen-bond donors (Lipinski definition) is 2. The summed E-state index contributed by atoms with van der Waals surface area (Å²) in [7, 11) is 3.49. The van der Waals surface area contributed by atoms with E-state index in [-0.39, 0.29) is 5.91 Å². The number of nitrogens with zero attached hydrogens (tertiary/aromatic N) is 3. The second-order valence-electron chi connectivity index (χ2n) is 8.57. The van der Waals surface area contributed by atoms with Crippen molar-refractivity contribution in [1.82, 2.24) is 19.8 Å². The van der Waals surface area contributed by atoms with Crippen molar-refractivity contribution in [1.29, 1.82) is 0 Å².